The second kappa shape index (κ2) is 7.28. The van der Waals surface area contributed by atoms with Crippen LogP contribution in [0.5, 0.6) is 5.75 Å². The van der Waals surface area contributed by atoms with Crippen molar-refractivity contribution in [1.29, 1.82) is 0 Å². The summed E-state index contributed by atoms with van der Waals surface area (Å²) < 4.78 is 18.3. The summed E-state index contributed by atoms with van der Waals surface area (Å²) >= 11 is 0. The predicted molar refractivity (Wildman–Crippen MR) is 69.0 cm³/mol. The Labute approximate surface area is 103 Å². The number of hydrogen-bond donors (Lipinski definition) is 1. The van der Waals surface area contributed by atoms with Crippen molar-refractivity contribution < 1.29 is 9.13 Å². The molecule has 0 saturated carbocycles. The van der Waals surface area contributed by atoms with Crippen LogP contribution >= 0.6 is 0 Å². The summed E-state index contributed by atoms with van der Waals surface area (Å²) in [5, 5.41) is 3.37. The number of aryl methyl sites for hydroxylation is 1. The topological polar surface area (TPSA) is 21.3 Å². The molecule has 17 heavy (non-hydrogen) atoms. The summed E-state index contributed by atoms with van der Waals surface area (Å²) in [6.45, 7) is 6.35. The van der Waals surface area contributed by atoms with Crippen molar-refractivity contribution in [2.24, 2.45) is 5.92 Å². The molecule has 0 fully saturated rings. The van der Waals surface area contributed by atoms with Gasteiger partial charge in [-0.3, -0.25) is 0 Å². The van der Waals surface area contributed by atoms with Crippen molar-refractivity contribution in [2.75, 3.05) is 20.2 Å². The number of nitrogens with one attached hydrogen (secondary N) is 1. The van der Waals surface area contributed by atoms with E-state index >= 15 is 0 Å². The number of methoxy groups -OCH3 is 1. The Hall–Kier alpha value is -1.09. The van der Waals surface area contributed by atoms with E-state index in [4.69, 9.17) is 4.74 Å². The molecule has 0 aliphatic carbocycles. The Balaban J connectivity index is 2.37. The number of halogens is 1. The first-order chi connectivity index (χ1) is 8.13. The van der Waals surface area contributed by atoms with E-state index < -0.39 is 0 Å². The fourth-order valence-electron chi connectivity index (χ4n) is 1.74. The van der Waals surface area contributed by atoms with Crippen LogP contribution in [0.3, 0.4) is 0 Å². The average Bonchev–Trinajstić information content (AvgIpc) is 2.28. The highest BCUT2D eigenvalue weighted by molar-refractivity contribution is 5.33. The maximum absolute atomic E-state index is 13.1. The summed E-state index contributed by atoms with van der Waals surface area (Å²) in [4.78, 5) is 0. The van der Waals surface area contributed by atoms with Crippen LogP contribution in [0.1, 0.15) is 25.8 Å². The summed E-state index contributed by atoms with van der Waals surface area (Å²) in [7, 11) is 1.62. The minimum atomic E-state index is -0.198. The molecule has 0 aliphatic heterocycles. The maximum atomic E-state index is 13.1. The molecule has 0 aliphatic rings. The van der Waals surface area contributed by atoms with Crippen LogP contribution in [-0.4, -0.2) is 20.2 Å². The van der Waals surface area contributed by atoms with E-state index in [1.165, 1.54) is 6.07 Å². The lowest BCUT2D eigenvalue weighted by atomic mass is 10.1. The fourth-order valence-corrected chi connectivity index (χ4v) is 1.74. The van der Waals surface area contributed by atoms with Crippen LogP contribution in [0.2, 0.25) is 0 Å². The molecule has 0 aromatic heterocycles. The van der Waals surface area contributed by atoms with E-state index in [0.717, 1.165) is 37.2 Å². The van der Waals surface area contributed by atoms with E-state index in [1.54, 1.807) is 19.2 Å². The zero-order chi connectivity index (χ0) is 12.7. The molecule has 3 heteroatoms. The largest absolute Gasteiger partial charge is 0.496 e. The van der Waals surface area contributed by atoms with Crippen LogP contribution in [0.25, 0.3) is 0 Å². The number of ether oxygens (including phenoxy) is 1. The smallest absolute Gasteiger partial charge is 0.123 e. The zero-order valence-corrected chi connectivity index (χ0v) is 10.9. The van der Waals surface area contributed by atoms with Gasteiger partial charge >= 0.3 is 0 Å². The predicted octanol–water partition coefficient (Wildman–Crippen LogP) is 3.01. The highest BCUT2D eigenvalue weighted by Crippen LogP contribution is 2.20. The van der Waals surface area contributed by atoms with Crippen molar-refractivity contribution in [3.8, 4) is 5.75 Å². The molecule has 0 amide bonds. The third kappa shape index (κ3) is 5.18. The molecular formula is C14H22FNO. The van der Waals surface area contributed by atoms with Gasteiger partial charge in [0.1, 0.15) is 11.6 Å². The van der Waals surface area contributed by atoms with Crippen molar-refractivity contribution in [1.82, 2.24) is 5.32 Å². The molecule has 1 aromatic carbocycles. The van der Waals surface area contributed by atoms with Gasteiger partial charge in [0.15, 0.2) is 0 Å². The monoisotopic (exact) mass is 239 g/mol. The summed E-state index contributed by atoms with van der Waals surface area (Å²) in [6.07, 6.45) is 1.83. The molecule has 96 valence electrons. The number of rotatable bonds is 7. The van der Waals surface area contributed by atoms with E-state index in [0.29, 0.717) is 5.92 Å². The summed E-state index contributed by atoms with van der Waals surface area (Å²) in [5.41, 5.74) is 0.943. The van der Waals surface area contributed by atoms with Crippen molar-refractivity contribution in [3.63, 3.8) is 0 Å². The lowest BCUT2D eigenvalue weighted by molar-refractivity contribution is 0.407. The minimum absolute atomic E-state index is 0.198. The molecule has 2 nitrogen and oxygen atoms in total. The lowest BCUT2D eigenvalue weighted by Gasteiger charge is -2.10. The summed E-state index contributed by atoms with van der Waals surface area (Å²) in [6, 6.07) is 4.67. The van der Waals surface area contributed by atoms with Crippen LogP contribution in [0.4, 0.5) is 4.39 Å². The molecule has 0 radical (unpaired) electrons. The van der Waals surface area contributed by atoms with Crippen LogP contribution < -0.4 is 10.1 Å². The minimum Gasteiger partial charge on any atom is -0.496 e. The van der Waals surface area contributed by atoms with Crippen LogP contribution in [0, 0.1) is 11.7 Å². The quantitative estimate of drug-likeness (QED) is 0.738. The normalized spacial score (nSPS) is 10.9. The molecule has 0 heterocycles. The van der Waals surface area contributed by atoms with Gasteiger partial charge in [0, 0.05) is 0 Å². The lowest BCUT2D eigenvalue weighted by Crippen LogP contribution is -2.21. The van der Waals surface area contributed by atoms with E-state index in [9.17, 15) is 4.39 Å². The van der Waals surface area contributed by atoms with Crippen molar-refractivity contribution >= 4 is 0 Å². The molecule has 1 aromatic rings. The Bertz CT molecular complexity index is 339. The fraction of sp³-hybridized carbons (Fsp3) is 0.571. The van der Waals surface area contributed by atoms with Gasteiger partial charge in [-0.15, -0.1) is 0 Å². The standard InChI is InChI=1S/C14H22FNO/c1-11(2)10-16-8-4-5-12-9-13(15)6-7-14(12)17-3/h6-7,9,11,16H,4-5,8,10H2,1-3H3. The van der Waals surface area contributed by atoms with Gasteiger partial charge in [-0.2, -0.15) is 0 Å². The Morgan fingerprint density at radius 1 is 1.35 bits per heavy atom. The second-order valence-electron chi connectivity index (χ2n) is 4.66. The van der Waals surface area contributed by atoms with Gasteiger partial charge in [0.25, 0.3) is 0 Å². The van der Waals surface area contributed by atoms with Gasteiger partial charge in [0.05, 0.1) is 7.11 Å². The molecule has 1 rings (SSSR count). The van der Waals surface area contributed by atoms with Crippen LogP contribution in [-0.2, 0) is 6.42 Å². The van der Waals surface area contributed by atoms with Gasteiger partial charge in [-0.1, -0.05) is 13.8 Å². The molecule has 0 atom stereocenters. The van der Waals surface area contributed by atoms with E-state index in [1.807, 2.05) is 0 Å². The first-order valence-electron chi connectivity index (χ1n) is 6.16. The van der Waals surface area contributed by atoms with Crippen molar-refractivity contribution in [3.05, 3.63) is 29.6 Å². The maximum Gasteiger partial charge on any atom is 0.123 e. The molecule has 0 bridgehead atoms. The van der Waals surface area contributed by atoms with Gasteiger partial charge < -0.3 is 10.1 Å². The Morgan fingerprint density at radius 2 is 2.12 bits per heavy atom. The van der Waals surface area contributed by atoms with E-state index in [-0.39, 0.29) is 5.82 Å². The number of hydrogen-bond acceptors (Lipinski definition) is 2. The van der Waals surface area contributed by atoms with Gasteiger partial charge in [0.2, 0.25) is 0 Å². The highest BCUT2D eigenvalue weighted by atomic mass is 19.1. The average molecular weight is 239 g/mol. The zero-order valence-electron chi connectivity index (χ0n) is 10.9. The van der Waals surface area contributed by atoms with Crippen molar-refractivity contribution in [2.45, 2.75) is 26.7 Å². The van der Waals surface area contributed by atoms with Gasteiger partial charge in [-0.05, 0) is 55.6 Å². The highest BCUT2D eigenvalue weighted by Gasteiger charge is 2.04. The summed E-state index contributed by atoms with van der Waals surface area (Å²) in [5.74, 6) is 1.24. The van der Waals surface area contributed by atoms with Crippen LogP contribution in [0.15, 0.2) is 18.2 Å². The number of benzene rings is 1. The second-order valence-corrected chi connectivity index (χ2v) is 4.66. The SMILES string of the molecule is COc1ccc(F)cc1CCCNCC(C)C. The molecule has 0 saturated heterocycles. The molecule has 1 N–H and O–H groups in total. The first kappa shape index (κ1) is 14.0. The Kier molecular flexibility index (Phi) is 5.98. The molecule has 0 unspecified atom stereocenters. The third-order valence-corrected chi connectivity index (χ3v) is 2.59. The first-order valence-corrected chi connectivity index (χ1v) is 6.16. The molecular weight excluding hydrogens is 217 g/mol. The third-order valence-electron chi connectivity index (χ3n) is 2.59. The van der Waals surface area contributed by atoms with E-state index in [2.05, 4.69) is 19.2 Å². The molecule has 0 spiro atoms. The van der Waals surface area contributed by atoms with Gasteiger partial charge in [-0.25, -0.2) is 4.39 Å². The Morgan fingerprint density at radius 3 is 2.76 bits per heavy atom.